The molecule has 2 aliphatic rings. The summed E-state index contributed by atoms with van der Waals surface area (Å²) in [6.07, 6.45) is 3.01. The minimum atomic E-state index is -3.54. The number of nitrogens with one attached hydrogen (secondary N) is 1. The molecule has 1 unspecified atom stereocenters. The average molecular weight is 472 g/mol. The van der Waals surface area contributed by atoms with Crippen LogP contribution in [0.15, 0.2) is 47.4 Å². The molecule has 2 amide bonds. The Morgan fingerprint density at radius 2 is 1.79 bits per heavy atom. The zero-order valence-electron chi connectivity index (χ0n) is 18.9. The van der Waals surface area contributed by atoms with Crippen LogP contribution >= 0.6 is 0 Å². The largest absolute Gasteiger partial charge is 0.479 e. The molecule has 2 aromatic rings. The lowest BCUT2D eigenvalue weighted by atomic mass is 10.1. The monoisotopic (exact) mass is 471 g/mol. The van der Waals surface area contributed by atoms with E-state index in [1.165, 1.54) is 28.6 Å². The Hall–Kier alpha value is -2.91. The fourth-order valence-corrected chi connectivity index (χ4v) is 5.70. The highest BCUT2D eigenvalue weighted by atomic mass is 32.2. The Morgan fingerprint density at radius 3 is 2.45 bits per heavy atom. The normalized spacial score (nSPS) is 19.0. The van der Waals surface area contributed by atoms with Crippen LogP contribution in [0.4, 0.5) is 11.4 Å². The fraction of sp³-hybridized carbons (Fsp3) is 0.417. The van der Waals surface area contributed by atoms with Crippen LogP contribution in [-0.2, 0) is 14.8 Å². The summed E-state index contributed by atoms with van der Waals surface area (Å²) in [5.41, 5.74) is 1.56. The number of rotatable bonds is 6. The van der Waals surface area contributed by atoms with E-state index in [0.717, 1.165) is 25.7 Å². The number of amides is 2. The van der Waals surface area contributed by atoms with Gasteiger partial charge >= 0.3 is 0 Å². The van der Waals surface area contributed by atoms with Crippen molar-refractivity contribution in [3.63, 3.8) is 0 Å². The van der Waals surface area contributed by atoms with Crippen LogP contribution < -0.4 is 15.0 Å². The SMILES string of the molecule is CCCN1C(=O)C(C)Oc2cc(NC(=O)c3ccc(S(=O)(=O)N4CCCCC4)cc3)ccc21. The zero-order valence-corrected chi connectivity index (χ0v) is 19.7. The summed E-state index contributed by atoms with van der Waals surface area (Å²) >= 11 is 0. The first kappa shape index (κ1) is 23.3. The molecule has 0 saturated carbocycles. The molecule has 0 aliphatic carbocycles. The van der Waals surface area contributed by atoms with Crippen molar-refractivity contribution in [3.8, 4) is 5.75 Å². The average Bonchev–Trinajstić information content (AvgIpc) is 2.82. The van der Waals surface area contributed by atoms with E-state index in [0.29, 0.717) is 42.3 Å². The Kier molecular flexibility index (Phi) is 6.71. The van der Waals surface area contributed by atoms with E-state index in [-0.39, 0.29) is 16.7 Å². The molecule has 0 radical (unpaired) electrons. The molecule has 1 fully saturated rings. The van der Waals surface area contributed by atoms with Crippen molar-refractivity contribution in [2.45, 2.75) is 50.5 Å². The highest BCUT2D eigenvalue weighted by Crippen LogP contribution is 2.36. The molecule has 1 atom stereocenters. The molecule has 1 N–H and O–H groups in total. The lowest BCUT2D eigenvalue weighted by Gasteiger charge is -2.33. The maximum absolute atomic E-state index is 12.8. The summed E-state index contributed by atoms with van der Waals surface area (Å²) in [7, 11) is -3.54. The van der Waals surface area contributed by atoms with E-state index in [9.17, 15) is 18.0 Å². The van der Waals surface area contributed by atoms with Gasteiger partial charge in [-0.25, -0.2) is 8.42 Å². The summed E-state index contributed by atoms with van der Waals surface area (Å²) in [6, 6.07) is 11.2. The van der Waals surface area contributed by atoms with Crippen molar-refractivity contribution in [2.75, 3.05) is 29.9 Å². The van der Waals surface area contributed by atoms with Crippen LogP contribution in [0.3, 0.4) is 0 Å². The van der Waals surface area contributed by atoms with Crippen LogP contribution in [0, 0.1) is 0 Å². The van der Waals surface area contributed by atoms with Crippen LogP contribution in [0.1, 0.15) is 49.9 Å². The van der Waals surface area contributed by atoms with Crippen LogP contribution in [0.2, 0.25) is 0 Å². The minimum absolute atomic E-state index is 0.0827. The van der Waals surface area contributed by atoms with Gasteiger partial charge in [0.2, 0.25) is 10.0 Å². The molecule has 4 rings (SSSR count). The summed E-state index contributed by atoms with van der Waals surface area (Å²) in [4.78, 5) is 27.1. The number of carbonyl (C=O) groups excluding carboxylic acids is 2. The molecule has 2 aliphatic heterocycles. The Morgan fingerprint density at radius 1 is 1.09 bits per heavy atom. The molecule has 0 bridgehead atoms. The number of sulfonamides is 1. The number of anilines is 2. The molecule has 176 valence electrons. The van der Waals surface area contributed by atoms with Gasteiger partial charge in [-0.1, -0.05) is 13.3 Å². The maximum atomic E-state index is 12.8. The molecule has 33 heavy (non-hydrogen) atoms. The fourth-order valence-electron chi connectivity index (χ4n) is 4.18. The van der Waals surface area contributed by atoms with Gasteiger partial charge < -0.3 is 15.0 Å². The van der Waals surface area contributed by atoms with Gasteiger partial charge in [0.1, 0.15) is 5.75 Å². The van der Waals surface area contributed by atoms with Crippen molar-refractivity contribution < 1.29 is 22.7 Å². The van der Waals surface area contributed by atoms with E-state index in [4.69, 9.17) is 4.74 Å². The number of ether oxygens (including phenoxy) is 1. The van der Waals surface area contributed by atoms with Crippen molar-refractivity contribution in [1.82, 2.24) is 4.31 Å². The summed E-state index contributed by atoms with van der Waals surface area (Å²) < 4.78 is 32.9. The van der Waals surface area contributed by atoms with Gasteiger partial charge in [-0.3, -0.25) is 9.59 Å². The predicted molar refractivity (Wildman–Crippen MR) is 126 cm³/mol. The first-order chi connectivity index (χ1) is 15.8. The smallest absolute Gasteiger partial charge is 0.267 e. The van der Waals surface area contributed by atoms with E-state index in [2.05, 4.69) is 5.32 Å². The summed E-state index contributed by atoms with van der Waals surface area (Å²) in [5.74, 6) is 0.0965. The van der Waals surface area contributed by atoms with Gasteiger partial charge in [0.25, 0.3) is 11.8 Å². The van der Waals surface area contributed by atoms with E-state index in [1.54, 1.807) is 30.0 Å². The van der Waals surface area contributed by atoms with Gasteiger partial charge in [0.05, 0.1) is 10.6 Å². The lowest BCUT2D eigenvalue weighted by Crippen LogP contribution is -2.44. The topological polar surface area (TPSA) is 96.0 Å². The van der Waals surface area contributed by atoms with Crippen molar-refractivity contribution in [1.29, 1.82) is 0 Å². The highest BCUT2D eigenvalue weighted by Gasteiger charge is 2.31. The molecule has 8 nitrogen and oxygen atoms in total. The van der Waals surface area contributed by atoms with Crippen molar-refractivity contribution in [2.24, 2.45) is 0 Å². The number of hydrogen-bond acceptors (Lipinski definition) is 5. The molecule has 1 saturated heterocycles. The first-order valence-electron chi connectivity index (χ1n) is 11.3. The highest BCUT2D eigenvalue weighted by molar-refractivity contribution is 7.89. The van der Waals surface area contributed by atoms with Crippen molar-refractivity contribution >= 4 is 33.2 Å². The molecular formula is C24H29N3O5S. The summed E-state index contributed by atoms with van der Waals surface area (Å²) in [5, 5.41) is 2.82. The molecular weight excluding hydrogens is 442 g/mol. The predicted octanol–water partition coefficient (Wildman–Crippen LogP) is 3.64. The van der Waals surface area contributed by atoms with Gasteiger partial charge in [-0.15, -0.1) is 0 Å². The Labute approximate surface area is 194 Å². The number of piperidine rings is 1. The standard InChI is InChI=1S/C24H29N3O5S/c1-3-13-27-21-12-9-19(16-22(21)32-17(2)24(27)29)25-23(28)18-7-10-20(11-8-18)33(30,31)26-14-5-4-6-15-26/h7-12,16-17H,3-6,13-15H2,1-2H3,(H,25,28). The van der Waals surface area contributed by atoms with E-state index in [1.807, 2.05) is 6.92 Å². The third-order valence-corrected chi connectivity index (χ3v) is 7.86. The minimum Gasteiger partial charge on any atom is -0.479 e. The maximum Gasteiger partial charge on any atom is 0.267 e. The number of carbonyl (C=O) groups is 2. The number of fused-ring (bicyclic) bond motifs is 1. The molecule has 0 aromatic heterocycles. The first-order valence-corrected chi connectivity index (χ1v) is 12.8. The second-order valence-electron chi connectivity index (χ2n) is 8.38. The van der Waals surface area contributed by atoms with Crippen LogP contribution in [0.5, 0.6) is 5.75 Å². The number of benzene rings is 2. The van der Waals surface area contributed by atoms with Gasteiger partial charge in [0.15, 0.2) is 6.10 Å². The second-order valence-corrected chi connectivity index (χ2v) is 10.3. The number of nitrogens with zero attached hydrogens (tertiary/aromatic N) is 2. The quantitative estimate of drug-likeness (QED) is 0.694. The van der Waals surface area contributed by atoms with Crippen LogP contribution in [0.25, 0.3) is 0 Å². The van der Waals surface area contributed by atoms with Crippen LogP contribution in [-0.4, -0.2) is 50.3 Å². The molecule has 2 heterocycles. The summed E-state index contributed by atoms with van der Waals surface area (Å²) in [6.45, 7) is 5.37. The van der Waals surface area contributed by atoms with Gasteiger partial charge in [-0.05, 0) is 62.6 Å². The Bertz CT molecular complexity index is 1140. The van der Waals surface area contributed by atoms with Crippen molar-refractivity contribution in [3.05, 3.63) is 48.0 Å². The van der Waals surface area contributed by atoms with Gasteiger partial charge in [-0.2, -0.15) is 4.31 Å². The third-order valence-electron chi connectivity index (χ3n) is 5.94. The van der Waals surface area contributed by atoms with Gasteiger partial charge in [0, 0.05) is 37.0 Å². The van der Waals surface area contributed by atoms with E-state index < -0.39 is 16.1 Å². The number of hydrogen-bond donors (Lipinski definition) is 1. The Balaban J connectivity index is 1.49. The zero-order chi connectivity index (χ0) is 23.6. The third kappa shape index (κ3) is 4.74. The molecule has 2 aromatic carbocycles. The molecule has 9 heteroatoms. The molecule has 0 spiro atoms. The van der Waals surface area contributed by atoms with E-state index >= 15 is 0 Å². The lowest BCUT2D eigenvalue weighted by molar-refractivity contribution is -0.125. The second kappa shape index (κ2) is 9.52.